The largest absolute Gasteiger partial charge is 0.369 e. The number of carbonyl (C=O) groups excluding carboxylic acids is 1. The van der Waals surface area contributed by atoms with Crippen molar-refractivity contribution in [1.82, 2.24) is 9.62 Å². The lowest BCUT2D eigenvalue weighted by Crippen LogP contribution is -2.44. The molecule has 2 heterocycles. The number of hydrogen-bond donors (Lipinski definition) is 2. The normalized spacial score (nSPS) is 15.0. The molecule has 0 spiro atoms. The van der Waals surface area contributed by atoms with Crippen molar-refractivity contribution < 1.29 is 13.2 Å². The zero-order valence-corrected chi connectivity index (χ0v) is 19.5. The number of anilines is 2. The second-order valence-corrected chi connectivity index (χ2v) is 10.5. The molecule has 1 amide bonds. The molecule has 0 radical (unpaired) electrons. The fourth-order valence-electron chi connectivity index (χ4n) is 3.49. The van der Waals surface area contributed by atoms with Crippen LogP contribution in [0.3, 0.4) is 0 Å². The third-order valence-electron chi connectivity index (χ3n) is 5.42. The van der Waals surface area contributed by atoms with E-state index in [-0.39, 0.29) is 22.9 Å². The number of likely N-dealkylation sites (N-methyl/N-ethyl adjacent to an activating group) is 1. The molecule has 9 heteroatoms. The van der Waals surface area contributed by atoms with Gasteiger partial charge in [-0.3, -0.25) is 4.79 Å². The maximum Gasteiger partial charge on any atom is 0.255 e. The second kappa shape index (κ2) is 9.83. The van der Waals surface area contributed by atoms with Crippen molar-refractivity contribution >= 4 is 38.6 Å². The SMILES string of the molecule is CN1CCN(c2ccc(NC(=O)c3cccc(S(=O)(=O)NCc4cccs4)c3)cc2)CC1. The Labute approximate surface area is 192 Å². The highest BCUT2D eigenvalue weighted by Gasteiger charge is 2.17. The van der Waals surface area contributed by atoms with E-state index in [1.165, 1.54) is 23.5 Å². The van der Waals surface area contributed by atoms with Crippen LogP contribution in [0.25, 0.3) is 0 Å². The Kier molecular flexibility index (Phi) is 6.90. The van der Waals surface area contributed by atoms with Gasteiger partial charge in [-0.25, -0.2) is 13.1 Å². The number of nitrogens with zero attached hydrogens (tertiary/aromatic N) is 2. The van der Waals surface area contributed by atoms with Gasteiger partial charge in [0.2, 0.25) is 10.0 Å². The minimum Gasteiger partial charge on any atom is -0.369 e. The van der Waals surface area contributed by atoms with Crippen LogP contribution in [-0.2, 0) is 16.6 Å². The molecule has 0 atom stereocenters. The van der Waals surface area contributed by atoms with Crippen molar-refractivity contribution in [1.29, 1.82) is 0 Å². The maximum atomic E-state index is 12.7. The third kappa shape index (κ3) is 5.55. The molecule has 0 bridgehead atoms. The van der Waals surface area contributed by atoms with Crippen LogP contribution in [0.15, 0.2) is 70.9 Å². The van der Waals surface area contributed by atoms with E-state index in [0.717, 1.165) is 36.7 Å². The van der Waals surface area contributed by atoms with Gasteiger partial charge in [0, 0.05) is 54.5 Å². The van der Waals surface area contributed by atoms with Crippen molar-refractivity contribution in [2.45, 2.75) is 11.4 Å². The van der Waals surface area contributed by atoms with Crippen molar-refractivity contribution in [2.75, 3.05) is 43.4 Å². The highest BCUT2D eigenvalue weighted by molar-refractivity contribution is 7.89. The molecule has 1 aliphatic rings. The summed E-state index contributed by atoms with van der Waals surface area (Å²) < 4.78 is 27.8. The van der Waals surface area contributed by atoms with Gasteiger partial charge in [0.05, 0.1) is 4.90 Å². The molecule has 2 aromatic carbocycles. The second-order valence-electron chi connectivity index (χ2n) is 7.72. The van der Waals surface area contributed by atoms with Gasteiger partial charge in [-0.15, -0.1) is 11.3 Å². The Balaban J connectivity index is 1.40. The number of benzene rings is 2. The van der Waals surface area contributed by atoms with Gasteiger partial charge in [-0.1, -0.05) is 12.1 Å². The maximum absolute atomic E-state index is 12.7. The number of sulfonamides is 1. The minimum absolute atomic E-state index is 0.0621. The monoisotopic (exact) mass is 470 g/mol. The van der Waals surface area contributed by atoms with Gasteiger partial charge < -0.3 is 15.1 Å². The topological polar surface area (TPSA) is 81.8 Å². The first-order valence-corrected chi connectivity index (χ1v) is 12.7. The summed E-state index contributed by atoms with van der Waals surface area (Å²) in [5, 5.41) is 4.74. The number of rotatable bonds is 7. The Morgan fingerprint density at radius 2 is 1.75 bits per heavy atom. The van der Waals surface area contributed by atoms with Crippen LogP contribution in [-0.4, -0.2) is 52.5 Å². The van der Waals surface area contributed by atoms with Crippen molar-refractivity contribution in [3.63, 3.8) is 0 Å². The van der Waals surface area contributed by atoms with Gasteiger partial charge in [0.15, 0.2) is 0 Å². The van der Waals surface area contributed by atoms with E-state index < -0.39 is 10.0 Å². The highest BCUT2D eigenvalue weighted by atomic mass is 32.2. The fraction of sp³-hybridized carbons (Fsp3) is 0.261. The smallest absolute Gasteiger partial charge is 0.255 e. The summed E-state index contributed by atoms with van der Waals surface area (Å²) in [7, 11) is -1.60. The van der Waals surface area contributed by atoms with Crippen LogP contribution in [0.2, 0.25) is 0 Å². The van der Waals surface area contributed by atoms with Crippen LogP contribution < -0.4 is 14.9 Å². The number of carbonyl (C=O) groups is 1. The number of piperazine rings is 1. The van der Waals surface area contributed by atoms with E-state index in [1.54, 1.807) is 12.1 Å². The van der Waals surface area contributed by atoms with Crippen LogP contribution in [0.5, 0.6) is 0 Å². The lowest BCUT2D eigenvalue weighted by molar-refractivity contribution is 0.102. The van der Waals surface area contributed by atoms with E-state index in [1.807, 2.05) is 41.8 Å². The fourth-order valence-corrected chi connectivity index (χ4v) is 5.28. The zero-order chi connectivity index (χ0) is 22.6. The Morgan fingerprint density at radius 3 is 2.44 bits per heavy atom. The molecule has 0 aliphatic carbocycles. The standard InChI is InChI=1S/C23H26N4O3S2/c1-26-11-13-27(14-12-26)20-9-7-19(8-10-20)25-23(28)18-4-2-6-22(16-18)32(29,30)24-17-21-5-3-15-31-21/h2-10,15-16,24H,11-14,17H2,1H3,(H,25,28). The van der Waals surface area contributed by atoms with Crippen LogP contribution in [0.4, 0.5) is 11.4 Å². The van der Waals surface area contributed by atoms with Gasteiger partial charge in [0.1, 0.15) is 0 Å². The highest BCUT2D eigenvalue weighted by Crippen LogP contribution is 2.20. The lowest BCUT2D eigenvalue weighted by atomic mass is 10.2. The Hall–Kier alpha value is -2.72. The number of nitrogens with one attached hydrogen (secondary N) is 2. The number of thiophene rings is 1. The molecule has 0 unspecified atom stereocenters. The van der Waals surface area contributed by atoms with Gasteiger partial charge >= 0.3 is 0 Å². The molecule has 2 N–H and O–H groups in total. The molecule has 1 saturated heterocycles. The quantitative estimate of drug-likeness (QED) is 0.554. The first kappa shape index (κ1) is 22.5. The van der Waals surface area contributed by atoms with Crippen LogP contribution >= 0.6 is 11.3 Å². The van der Waals surface area contributed by atoms with E-state index in [4.69, 9.17) is 0 Å². The third-order valence-corrected chi connectivity index (χ3v) is 7.69. The average Bonchev–Trinajstić information content (AvgIpc) is 3.33. The molecule has 1 fully saturated rings. The van der Waals surface area contributed by atoms with E-state index in [0.29, 0.717) is 5.69 Å². The van der Waals surface area contributed by atoms with Gasteiger partial charge in [-0.05, 0) is 61.0 Å². The van der Waals surface area contributed by atoms with E-state index in [9.17, 15) is 13.2 Å². The summed E-state index contributed by atoms with van der Waals surface area (Å²) in [4.78, 5) is 18.3. The molecule has 4 rings (SSSR count). The summed E-state index contributed by atoms with van der Waals surface area (Å²) in [6.07, 6.45) is 0. The molecule has 3 aromatic rings. The van der Waals surface area contributed by atoms with Crippen LogP contribution in [0, 0.1) is 0 Å². The van der Waals surface area contributed by atoms with E-state index >= 15 is 0 Å². The van der Waals surface area contributed by atoms with Crippen molar-refractivity contribution in [3.8, 4) is 0 Å². The minimum atomic E-state index is -3.72. The first-order chi connectivity index (χ1) is 15.4. The molecule has 7 nitrogen and oxygen atoms in total. The van der Waals surface area contributed by atoms with Gasteiger partial charge in [-0.2, -0.15) is 0 Å². The summed E-state index contributed by atoms with van der Waals surface area (Å²) in [5.41, 5.74) is 2.07. The Morgan fingerprint density at radius 1 is 1.00 bits per heavy atom. The predicted molar refractivity (Wildman–Crippen MR) is 129 cm³/mol. The molecule has 1 aromatic heterocycles. The van der Waals surface area contributed by atoms with Crippen molar-refractivity contribution in [2.24, 2.45) is 0 Å². The number of hydrogen-bond acceptors (Lipinski definition) is 6. The summed E-state index contributed by atoms with van der Waals surface area (Å²) >= 11 is 1.48. The summed E-state index contributed by atoms with van der Waals surface area (Å²) in [6.45, 7) is 4.23. The average molecular weight is 471 g/mol. The number of amides is 1. The summed E-state index contributed by atoms with van der Waals surface area (Å²) in [6, 6.07) is 17.5. The molecule has 32 heavy (non-hydrogen) atoms. The molecular formula is C23H26N4O3S2. The zero-order valence-electron chi connectivity index (χ0n) is 17.8. The van der Waals surface area contributed by atoms with Crippen LogP contribution in [0.1, 0.15) is 15.2 Å². The van der Waals surface area contributed by atoms with Gasteiger partial charge in [0.25, 0.3) is 5.91 Å². The molecule has 0 saturated carbocycles. The predicted octanol–water partition coefficient (Wildman–Crippen LogP) is 3.23. The van der Waals surface area contributed by atoms with E-state index in [2.05, 4.69) is 26.9 Å². The Bertz CT molecular complexity index is 1150. The molecule has 1 aliphatic heterocycles. The lowest BCUT2D eigenvalue weighted by Gasteiger charge is -2.34. The summed E-state index contributed by atoms with van der Waals surface area (Å²) in [5.74, 6) is -0.354. The van der Waals surface area contributed by atoms with Crippen molar-refractivity contribution in [3.05, 3.63) is 76.5 Å². The first-order valence-electron chi connectivity index (χ1n) is 10.4. The molecular weight excluding hydrogens is 444 g/mol. The molecule has 168 valence electrons.